The molecule has 0 fully saturated rings. The first-order valence-corrected chi connectivity index (χ1v) is 5.71. The average molecular weight is 272 g/mol. The molecule has 1 atom stereocenters. The van der Waals surface area contributed by atoms with Gasteiger partial charge in [0.15, 0.2) is 0 Å². The summed E-state index contributed by atoms with van der Waals surface area (Å²) in [6.07, 6.45) is 1.50. The number of nitrogens with two attached hydrogens (primary N) is 1. The molecule has 1 rings (SSSR count). The summed E-state index contributed by atoms with van der Waals surface area (Å²) in [6.45, 7) is 5.90. The monoisotopic (exact) mass is 271 g/mol. The lowest BCUT2D eigenvalue weighted by molar-refractivity contribution is 0.575. The number of hydrogen-bond donors (Lipinski definition) is 1. The van der Waals surface area contributed by atoms with E-state index < -0.39 is 0 Å². The lowest BCUT2D eigenvalue weighted by Crippen LogP contribution is -2.13. The zero-order valence-electron chi connectivity index (χ0n) is 8.76. The molecule has 2 N–H and O–H groups in total. The molecule has 0 bridgehead atoms. The van der Waals surface area contributed by atoms with E-state index in [4.69, 9.17) is 5.73 Å². The van der Waals surface area contributed by atoms with Gasteiger partial charge < -0.3 is 5.73 Å². The Bertz CT molecular complexity index is 342. The Balaban J connectivity index is 2.90. The molecule has 1 aromatic carbocycles. The van der Waals surface area contributed by atoms with E-state index in [2.05, 4.69) is 22.5 Å². The van der Waals surface area contributed by atoms with E-state index in [1.54, 1.807) is 12.1 Å². The van der Waals surface area contributed by atoms with Gasteiger partial charge in [0.05, 0.1) is 0 Å². The highest BCUT2D eigenvalue weighted by atomic mass is 79.9. The van der Waals surface area contributed by atoms with Crippen molar-refractivity contribution in [3.05, 3.63) is 46.2 Å². The van der Waals surface area contributed by atoms with Crippen molar-refractivity contribution in [3.63, 3.8) is 0 Å². The smallest absolute Gasteiger partial charge is 0.129 e. The van der Waals surface area contributed by atoms with Gasteiger partial charge >= 0.3 is 0 Å². The molecule has 0 saturated heterocycles. The number of benzene rings is 1. The molecule has 0 radical (unpaired) electrons. The van der Waals surface area contributed by atoms with Crippen molar-refractivity contribution in [3.8, 4) is 0 Å². The topological polar surface area (TPSA) is 26.0 Å². The molecule has 0 amide bonds. The van der Waals surface area contributed by atoms with Crippen LogP contribution in [0.25, 0.3) is 0 Å². The summed E-state index contributed by atoms with van der Waals surface area (Å²) in [5, 5.41) is 0. The Morgan fingerprint density at radius 2 is 2.27 bits per heavy atom. The van der Waals surface area contributed by atoms with Crippen LogP contribution >= 0.6 is 15.9 Å². The summed E-state index contributed by atoms with van der Waals surface area (Å²) in [6, 6.07) is 4.55. The quantitative estimate of drug-likeness (QED) is 0.825. The van der Waals surface area contributed by atoms with Crippen LogP contribution in [0.2, 0.25) is 0 Å². The van der Waals surface area contributed by atoms with Gasteiger partial charge in [-0.3, -0.25) is 0 Å². The van der Waals surface area contributed by atoms with Gasteiger partial charge in [-0.25, -0.2) is 4.39 Å². The molecule has 1 nitrogen and oxygen atoms in total. The van der Waals surface area contributed by atoms with Crippen molar-refractivity contribution in [1.82, 2.24) is 0 Å². The summed E-state index contributed by atoms with van der Waals surface area (Å²) in [7, 11) is 0. The SMILES string of the molecule is C=C(CC)CC(N)c1c(F)cccc1Br. The van der Waals surface area contributed by atoms with E-state index in [-0.39, 0.29) is 11.9 Å². The standard InChI is InChI=1S/C12H15BrFN/c1-3-8(2)7-11(15)12-9(13)5-4-6-10(12)14/h4-6,11H,2-3,7,15H2,1H3. The molecule has 0 saturated carbocycles. The van der Waals surface area contributed by atoms with Crippen LogP contribution in [0.1, 0.15) is 31.4 Å². The van der Waals surface area contributed by atoms with Crippen molar-refractivity contribution in [2.45, 2.75) is 25.8 Å². The van der Waals surface area contributed by atoms with Crippen molar-refractivity contribution in [2.24, 2.45) is 5.73 Å². The first kappa shape index (κ1) is 12.4. The van der Waals surface area contributed by atoms with Crippen molar-refractivity contribution in [1.29, 1.82) is 0 Å². The fourth-order valence-corrected chi connectivity index (χ4v) is 2.06. The van der Waals surface area contributed by atoms with E-state index in [9.17, 15) is 4.39 Å². The minimum absolute atomic E-state index is 0.263. The van der Waals surface area contributed by atoms with Gasteiger partial charge in [0.1, 0.15) is 5.82 Å². The van der Waals surface area contributed by atoms with Crippen LogP contribution in [-0.2, 0) is 0 Å². The second-order valence-corrected chi connectivity index (χ2v) is 4.40. The summed E-state index contributed by atoms with van der Waals surface area (Å²) < 4.78 is 14.2. The third-order valence-electron chi connectivity index (χ3n) is 2.38. The molecule has 0 aliphatic rings. The van der Waals surface area contributed by atoms with Gasteiger partial charge in [-0.05, 0) is 25.0 Å². The average Bonchev–Trinajstić information content (AvgIpc) is 2.17. The number of halogens is 2. The van der Waals surface area contributed by atoms with E-state index in [0.29, 0.717) is 12.0 Å². The Morgan fingerprint density at radius 1 is 1.60 bits per heavy atom. The third kappa shape index (κ3) is 3.14. The van der Waals surface area contributed by atoms with Crippen molar-refractivity contribution < 1.29 is 4.39 Å². The summed E-state index contributed by atoms with van der Waals surface area (Å²) in [5.74, 6) is -0.263. The van der Waals surface area contributed by atoms with Crippen LogP contribution in [0.15, 0.2) is 34.8 Å². The van der Waals surface area contributed by atoms with Crippen molar-refractivity contribution >= 4 is 15.9 Å². The fourth-order valence-electron chi connectivity index (χ4n) is 1.42. The lowest BCUT2D eigenvalue weighted by atomic mass is 9.99. The number of rotatable bonds is 4. The van der Waals surface area contributed by atoms with Gasteiger partial charge in [-0.15, -0.1) is 0 Å². The van der Waals surface area contributed by atoms with Gasteiger partial charge in [-0.2, -0.15) is 0 Å². The summed E-state index contributed by atoms with van der Waals surface area (Å²) >= 11 is 3.31. The van der Waals surface area contributed by atoms with Crippen LogP contribution in [0.4, 0.5) is 4.39 Å². The fraction of sp³-hybridized carbons (Fsp3) is 0.333. The lowest BCUT2D eigenvalue weighted by Gasteiger charge is -2.15. The molecular formula is C12H15BrFN. The maximum atomic E-state index is 13.5. The van der Waals surface area contributed by atoms with E-state index in [0.717, 1.165) is 16.5 Å². The molecule has 0 aromatic heterocycles. The zero-order chi connectivity index (χ0) is 11.4. The van der Waals surface area contributed by atoms with E-state index in [1.807, 2.05) is 6.92 Å². The summed E-state index contributed by atoms with van der Waals surface area (Å²) in [4.78, 5) is 0. The maximum Gasteiger partial charge on any atom is 0.129 e. The normalized spacial score (nSPS) is 12.5. The predicted octanol–water partition coefficient (Wildman–Crippen LogP) is 3.94. The van der Waals surface area contributed by atoms with Crippen LogP contribution in [-0.4, -0.2) is 0 Å². The van der Waals surface area contributed by atoms with E-state index in [1.165, 1.54) is 6.07 Å². The van der Waals surface area contributed by atoms with E-state index >= 15 is 0 Å². The first-order valence-electron chi connectivity index (χ1n) is 4.92. The van der Waals surface area contributed by atoms with Crippen LogP contribution in [0.3, 0.4) is 0 Å². The van der Waals surface area contributed by atoms with Crippen molar-refractivity contribution in [2.75, 3.05) is 0 Å². The molecule has 1 aromatic rings. The third-order valence-corrected chi connectivity index (χ3v) is 3.07. The molecule has 0 aliphatic heterocycles. The van der Waals surface area contributed by atoms with Gasteiger partial charge in [0.2, 0.25) is 0 Å². The summed E-state index contributed by atoms with van der Waals surface area (Å²) in [5.41, 5.74) is 7.52. The maximum absolute atomic E-state index is 13.5. The molecule has 82 valence electrons. The first-order chi connectivity index (χ1) is 7.06. The zero-order valence-corrected chi connectivity index (χ0v) is 10.3. The number of hydrogen-bond acceptors (Lipinski definition) is 1. The molecule has 15 heavy (non-hydrogen) atoms. The van der Waals surface area contributed by atoms with Crippen LogP contribution in [0, 0.1) is 5.82 Å². The van der Waals surface area contributed by atoms with Gasteiger partial charge in [0, 0.05) is 16.1 Å². The molecule has 0 spiro atoms. The second kappa shape index (κ2) is 5.42. The molecular weight excluding hydrogens is 257 g/mol. The molecule has 0 aliphatic carbocycles. The predicted molar refractivity (Wildman–Crippen MR) is 65.1 cm³/mol. The highest BCUT2D eigenvalue weighted by molar-refractivity contribution is 9.10. The molecule has 1 unspecified atom stereocenters. The molecule has 3 heteroatoms. The van der Waals surface area contributed by atoms with Gasteiger partial charge in [-0.1, -0.05) is 41.1 Å². The Kier molecular flexibility index (Phi) is 4.48. The Hall–Kier alpha value is -0.670. The Labute approximate surface area is 98.3 Å². The van der Waals surface area contributed by atoms with Crippen LogP contribution in [0.5, 0.6) is 0 Å². The van der Waals surface area contributed by atoms with Gasteiger partial charge in [0.25, 0.3) is 0 Å². The molecule has 0 heterocycles. The second-order valence-electron chi connectivity index (χ2n) is 3.55. The minimum atomic E-state index is -0.326. The highest BCUT2D eigenvalue weighted by Gasteiger charge is 2.15. The van der Waals surface area contributed by atoms with Crippen LogP contribution < -0.4 is 5.73 Å². The minimum Gasteiger partial charge on any atom is -0.324 e. The Morgan fingerprint density at radius 3 is 2.80 bits per heavy atom. The highest BCUT2D eigenvalue weighted by Crippen LogP contribution is 2.28. The largest absolute Gasteiger partial charge is 0.324 e.